The first-order valence-corrected chi connectivity index (χ1v) is 10.9. The van der Waals surface area contributed by atoms with Gasteiger partial charge < -0.3 is 10.4 Å². The van der Waals surface area contributed by atoms with Crippen molar-refractivity contribution in [2.24, 2.45) is 0 Å². The number of carbonyl (C=O) groups is 1. The minimum atomic E-state index is -0.572. The lowest BCUT2D eigenvalue weighted by Crippen LogP contribution is -2.30. The second-order valence-electron chi connectivity index (χ2n) is 7.68. The van der Waals surface area contributed by atoms with Gasteiger partial charge in [0.25, 0.3) is 5.91 Å². The van der Waals surface area contributed by atoms with Crippen LogP contribution in [-0.2, 0) is 17.6 Å². The normalized spacial score (nSPS) is 11.4. The van der Waals surface area contributed by atoms with Crippen LogP contribution < -0.4 is 5.32 Å². The van der Waals surface area contributed by atoms with Gasteiger partial charge in [-0.1, -0.05) is 91.0 Å². The third-order valence-electron chi connectivity index (χ3n) is 5.32. The van der Waals surface area contributed by atoms with Gasteiger partial charge in [-0.3, -0.25) is 4.79 Å². The number of hydrogen-bond acceptors (Lipinski definition) is 4. The summed E-state index contributed by atoms with van der Waals surface area (Å²) in [6, 6.07) is 30.9. The second kappa shape index (κ2) is 10.9. The summed E-state index contributed by atoms with van der Waals surface area (Å²) in [7, 11) is 0. The number of hydrogen-bond donors (Lipinski definition) is 2. The number of amides is 1. The van der Waals surface area contributed by atoms with Gasteiger partial charge in [0.2, 0.25) is 0 Å². The van der Waals surface area contributed by atoms with Crippen molar-refractivity contribution in [3.05, 3.63) is 137 Å². The topological polar surface area (TPSA) is 75.1 Å². The Kier molecular flexibility index (Phi) is 7.23. The monoisotopic (exact) mass is 435 g/mol. The minimum Gasteiger partial charge on any atom is -0.503 e. The van der Waals surface area contributed by atoms with Gasteiger partial charge in [0.1, 0.15) is 6.33 Å². The maximum atomic E-state index is 12.8. The predicted octanol–water partition coefficient (Wildman–Crippen LogP) is 5.07. The van der Waals surface area contributed by atoms with Crippen molar-refractivity contribution in [1.29, 1.82) is 0 Å². The molecule has 0 spiro atoms. The Bertz CT molecular complexity index is 1170. The Morgan fingerprint density at radius 3 is 2.00 bits per heavy atom. The summed E-state index contributed by atoms with van der Waals surface area (Å²) in [6.07, 6.45) is 4.41. The molecule has 0 bridgehead atoms. The smallest absolute Gasteiger partial charge is 0.286 e. The number of aliphatic hydroxyl groups excluding tert-OH is 1. The fraction of sp³-hybridized carbons (Fsp3) is 0.107. The molecule has 0 unspecified atom stereocenters. The maximum Gasteiger partial charge on any atom is 0.286 e. The van der Waals surface area contributed by atoms with Gasteiger partial charge in [-0.15, -0.1) is 0 Å². The lowest BCUT2D eigenvalue weighted by atomic mass is 9.98. The van der Waals surface area contributed by atoms with E-state index in [1.165, 1.54) is 18.0 Å². The quantitative estimate of drug-likeness (QED) is 0.299. The molecule has 0 aliphatic rings. The van der Waals surface area contributed by atoms with Gasteiger partial charge in [-0.2, -0.15) is 0 Å². The zero-order valence-corrected chi connectivity index (χ0v) is 18.1. The van der Waals surface area contributed by atoms with Gasteiger partial charge in [-0.25, -0.2) is 9.97 Å². The molecule has 0 fully saturated rings. The molecule has 0 saturated heterocycles. The van der Waals surface area contributed by atoms with E-state index >= 15 is 0 Å². The third-order valence-corrected chi connectivity index (χ3v) is 5.32. The molecule has 5 heteroatoms. The summed E-state index contributed by atoms with van der Waals surface area (Å²) in [5.74, 6) is -0.975. The fourth-order valence-corrected chi connectivity index (χ4v) is 3.61. The Balaban J connectivity index is 1.48. The minimum absolute atomic E-state index is 0.387. The molecule has 0 radical (unpaired) electrons. The number of aryl methyl sites for hydroxylation is 2. The standard InChI is InChI=1S/C28H25N3O2/c32-26(19-25-18-24(29-20-30-25)17-16-21-10-4-1-5-11-21)28(33)31-27(22-12-6-2-7-13-22)23-14-8-3-9-15-23/h1-15,18-20,27,32H,16-17H2,(H,31,33)/b26-19-. The molecular formula is C28H25N3O2. The van der Waals surface area contributed by atoms with Crippen LogP contribution in [0.5, 0.6) is 0 Å². The number of benzene rings is 3. The van der Waals surface area contributed by atoms with Gasteiger partial charge >= 0.3 is 0 Å². The van der Waals surface area contributed by atoms with Crippen LogP contribution in [-0.4, -0.2) is 21.0 Å². The van der Waals surface area contributed by atoms with Gasteiger partial charge in [-0.05, 0) is 35.6 Å². The van der Waals surface area contributed by atoms with Crippen LogP contribution >= 0.6 is 0 Å². The SMILES string of the molecule is O=C(NC(c1ccccc1)c1ccccc1)/C(O)=C/c1cc(CCc2ccccc2)ncn1. The zero-order chi connectivity index (χ0) is 22.9. The molecule has 4 rings (SSSR count). The van der Waals surface area contributed by atoms with E-state index in [1.54, 1.807) is 6.07 Å². The van der Waals surface area contributed by atoms with Crippen LogP contribution in [0.25, 0.3) is 6.08 Å². The van der Waals surface area contributed by atoms with Crippen molar-refractivity contribution in [2.75, 3.05) is 0 Å². The number of aromatic nitrogens is 2. The van der Waals surface area contributed by atoms with E-state index in [4.69, 9.17) is 0 Å². The summed E-state index contributed by atoms with van der Waals surface area (Å²) >= 11 is 0. The van der Waals surface area contributed by atoms with E-state index < -0.39 is 11.7 Å². The van der Waals surface area contributed by atoms with E-state index in [2.05, 4.69) is 27.4 Å². The predicted molar refractivity (Wildman–Crippen MR) is 129 cm³/mol. The molecule has 0 aliphatic heterocycles. The summed E-state index contributed by atoms with van der Waals surface area (Å²) in [5, 5.41) is 13.4. The highest BCUT2D eigenvalue weighted by Gasteiger charge is 2.19. The molecule has 5 nitrogen and oxygen atoms in total. The highest BCUT2D eigenvalue weighted by molar-refractivity contribution is 5.95. The molecule has 2 N–H and O–H groups in total. The van der Waals surface area contributed by atoms with Crippen LogP contribution in [0.15, 0.2) is 109 Å². The average Bonchev–Trinajstić information content (AvgIpc) is 2.88. The maximum absolute atomic E-state index is 12.8. The molecule has 3 aromatic carbocycles. The highest BCUT2D eigenvalue weighted by Crippen LogP contribution is 2.22. The molecule has 1 amide bonds. The lowest BCUT2D eigenvalue weighted by molar-refractivity contribution is -0.120. The van der Waals surface area contributed by atoms with Crippen molar-refractivity contribution in [2.45, 2.75) is 18.9 Å². The molecular weight excluding hydrogens is 410 g/mol. The number of aliphatic hydroxyl groups is 1. The van der Waals surface area contributed by atoms with Crippen molar-refractivity contribution < 1.29 is 9.90 Å². The van der Waals surface area contributed by atoms with Crippen LogP contribution in [0.2, 0.25) is 0 Å². The van der Waals surface area contributed by atoms with Crippen molar-refractivity contribution in [1.82, 2.24) is 15.3 Å². The van der Waals surface area contributed by atoms with E-state index in [1.807, 2.05) is 78.9 Å². The number of nitrogens with zero attached hydrogens (tertiary/aromatic N) is 2. The van der Waals surface area contributed by atoms with Gasteiger partial charge in [0.05, 0.1) is 11.7 Å². The summed E-state index contributed by atoms with van der Waals surface area (Å²) in [6.45, 7) is 0. The Morgan fingerprint density at radius 1 is 0.818 bits per heavy atom. The zero-order valence-electron chi connectivity index (χ0n) is 18.1. The Morgan fingerprint density at radius 2 is 1.39 bits per heavy atom. The Hall–Kier alpha value is -4.25. The summed E-state index contributed by atoms with van der Waals surface area (Å²) < 4.78 is 0. The number of nitrogens with one attached hydrogen (secondary N) is 1. The average molecular weight is 436 g/mol. The van der Waals surface area contributed by atoms with E-state index in [0.717, 1.165) is 29.7 Å². The van der Waals surface area contributed by atoms with Crippen LogP contribution in [0.4, 0.5) is 0 Å². The molecule has 4 aromatic rings. The third kappa shape index (κ3) is 6.14. The molecule has 164 valence electrons. The molecule has 0 saturated carbocycles. The molecule has 1 aromatic heterocycles. The Labute approximate surface area is 193 Å². The first-order chi connectivity index (χ1) is 16.2. The van der Waals surface area contributed by atoms with Gasteiger partial charge in [0, 0.05) is 11.8 Å². The highest BCUT2D eigenvalue weighted by atomic mass is 16.3. The molecule has 0 atom stereocenters. The first-order valence-electron chi connectivity index (χ1n) is 10.9. The fourth-order valence-electron chi connectivity index (χ4n) is 3.61. The van der Waals surface area contributed by atoms with Crippen molar-refractivity contribution in [3.8, 4) is 0 Å². The van der Waals surface area contributed by atoms with E-state index in [0.29, 0.717) is 5.69 Å². The number of rotatable bonds is 8. The lowest BCUT2D eigenvalue weighted by Gasteiger charge is -2.19. The van der Waals surface area contributed by atoms with Crippen LogP contribution in [0.3, 0.4) is 0 Å². The second-order valence-corrected chi connectivity index (χ2v) is 7.68. The van der Waals surface area contributed by atoms with Crippen molar-refractivity contribution >= 4 is 12.0 Å². The van der Waals surface area contributed by atoms with E-state index in [9.17, 15) is 9.90 Å². The molecule has 0 aliphatic carbocycles. The number of carbonyl (C=O) groups excluding carboxylic acids is 1. The summed E-state index contributed by atoms with van der Waals surface area (Å²) in [4.78, 5) is 21.3. The van der Waals surface area contributed by atoms with Crippen molar-refractivity contribution in [3.63, 3.8) is 0 Å². The molecule has 1 heterocycles. The van der Waals surface area contributed by atoms with Crippen LogP contribution in [0.1, 0.15) is 34.1 Å². The van der Waals surface area contributed by atoms with Gasteiger partial charge in [0.15, 0.2) is 5.76 Å². The van der Waals surface area contributed by atoms with E-state index in [-0.39, 0.29) is 6.04 Å². The largest absolute Gasteiger partial charge is 0.503 e. The van der Waals surface area contributed by atoms with Crippen LogP contribution in [0, 0.1) is 0 Å². The molecule has 33 heavy (non-hydrogen) atoms. The summed E-state index contributed by atoms with van der Waals surface area (Å²) in [5.41, 5.74) is 4.41. The first kappa shape index (κ1) is 22.0.